The van der Waals surface area contributed by atoms with Crippen molar-refractivity contribution in [2.24, 2.45) is 0 Å². The number of pyridine rings is 1. The van der Waals surface area contributed by atoms with E-state index < -0.39 is 0 Å². The molecule has 1 aromatic heterocycles. The van der Waals surface area contributed by atoms with Crippen molar-refractivity contribution in [1.82, 2.24) is 9.88 Å². The van der Waals surface area contributed by atoms with Gasteiger partial charge in [0.05, 0.1) is 0 Å². The fourth-order valence-corrected chi connectivity index (χ4v) is 3.06. The van der Waals surface area contributed by atoms with E-state index >= 15 is 0 Å². The van der Waals surface area contributed by atoms with Gasteiger partial charge in [-0.25, -0.2) is 4.98 Å². The highest BCUT2D eigenvalue weighted by Gasteiger charge is 2.26. The summed E-state index contributed by atoms with van der Waals surface area (Å²) in [5.41, 5.74) is 1.19. The number of piperidine rings is 1. The van der Waals surface area contributed by atoms with Crippen molar-refractivity contribution in [3.05, 3.63) is 23.9 Å². The summed E-state index contributed by atoms with van der Waals surface area (Å²) in [5, 5.41) is 4.06. The number of hydrogen-bond donors (Lipinski definition) is 1. The third kappa shape index (κ3) is 2.99. The zero-order chi connectivity index (χ0) is 13.1. The molecule has 2 atom stereocenters. The first-order valence-corrected chi connectivity index (χ1v) is 7.00. The lowest BCUT2D eigenvalue weighted by Crippen LogP contribution is -2.49. The number of rotatable bonds is 1. The molecule has 0 aromatic carbocycles. The molecule has 0 bridgehead atoms. The van der Waals surface area contributed by atoms with Crippen molar-refractivity contribution in [1.29, 1.82) is 0 Å². The second-order valence-electron chi connectivity index (χ2n) is 5.18. The number of likely N-dealkylation sites (tertiary alicyclic amines) is 1. The first-order valence-electron chi connectivity index (χ1n) is 6.60. The highest BCUT2D eigenvalue weighted by atomic mass is 32.1. The topological polar surface area (TPSA) is 28.2 Å². The number of nitrogens with zero attached hydrogens (tertiary/aromatic N) is 2. The quantitative estimate of drug-likeness (QED) is 0.787. The van der Waals surface area contributed by atoms with Gasteiger partial charge in [0.15, 0.2) is 5.11 Å². The van der Waals surface area contributed by atoms with Crippen LogP contribution in [-0.4, -0.2) is 27.1 Å². The van der Waals surface area contributed by atoms with Gasteiger partial charge in [-0.15, -0.1) is 0 Å². The third-order valence-electron chi connectivity index (χ3n) is 3.58. The highest BCUT2D eigenvalue weighted by Crippen LogP contribution is 2.23. The molecule has 4 heteroatoms. The van der Waals surface area contributed by atoms with Gasteiger partial charge in [-0.1, -0.05) is 0 Å². The molecule has 0 radical (unpaired) electrons. The smallest absolute Gasteiger partial charge is 0.175 e. The van der Waals surface area contributed by atoms with Gasteiger partial charge in [0.2, 0.25) is 0 Å². The Morgan fingerprint density at radius 3 is 2.67 bits per heavy atom. The van der Waals surface area contributed by atoms with Crippen LogP contribution < -0.4 is 5.32 Å². The van der Waals surface area contributed by atoms with Gasteiger partial charge >= 0.3 is 0 Å². The molecule has 2 rings (SSSR count). The number of aromatic nitrogens is 1. The fourth-order valence-electron chi connectivity index (χ4n) is 2.60. The Bertz CT molecular complexity index is 423. The minimum atomic E-state index is 0.513. The van der Waals surface area contributed by atoms with E-state index in [1.165, 1.54) is 24.8 Å². The standard InChI is InChI=1S/C14H21N3S/c1-10-7-8-15-13(9-10)16-14(18)17-11(2)5-4-6-12(17)3/h7-9,11-12H,4-6H2,1-3H3,(H,15,16,18). The number of hydrogen-bond acceptors (Lipinski definition) is 2. The second-order valence-corrected chi connectivity index (χ2v) is 5.57. The largest absolute Gasteiger partial charge is 0.344 e. The van der Waals surface area contributed by atoms with Crippen LogP contribution in [0.1, 0.15) is 38.7 Å². The maximum atomic E-state index is 5.53. The first-order chi connectivity index (χ1) is 8.58. The summed E-state index contributed by atoms with van der Waals surface area (Å²) in [6, 6.07) is 5.03. The van der Waals surface area contributed by atoms with Crippen LogP contribution in [0.4, 0.5) is 5.82 Å². The molecular weight excluding hydrogens is 242 g/mol. The molecule has 1 N–H and O–H groups in total. The average Bonchev–Trinajstić information content (AvgIpc) is 2.28. The SMILES string of the molecule is Cc1ccnc(NC(=S)N2C(C)CCCC2C)c1. The van der Waals surface area contributed by atoms with E-state index in [0.717, 1.165) is 10.9 Å². The van der Waals surface area contributed by atoms with Crippen molar-refractivity contribution < 1.29 is 0 Å². The molecule has 1 saturated heterocycles. The molecule has 0 saturated carbocycles. The van der Waals surface area contributed by atoms with Crippen molar-refractivity contribution in [2.75, 3.05) is 5.32 Å². The number of thiocarbonyl (C=S) groups is 1. The monoisotopic (exact) mass is 263 g/mol. The van der Waals surface area contributed by atoms with E-state index in [1.807, 2.05) is 18.3 Å². The molecule has 0 amide bonds. The molecule has 1 aromatic rings. The third-order valence-corrected chi connectivity index (χ3v) is 3.89. The van der Waals surface area contributed by atoms with Crippen molar-refractivity contribution in [2.45, 2.75) is 52.1 Å². The Balaban J connectivity index is 2.07. The van der Waals surface area contributed by atoms with Gasteiger partial charge < -0.3 is 10.2 Å². The Labute approximate surface area is 115 Å². The van der Waals surface area contributed by atoms with Crippen LogP contribution in [0.15, 0.2) is 18.3 Å². The van der Waals surface area contributed by atoms with Crippen LogP contribution in [0.5, 0.6) is 0 Å². The predicted molar refractivity (Wildman–Crippen MR) is 79.8 cm³/mol. The van der Waals surface area contributed by atoms with Gasteiger partial charge in [-0.3, -0.25) is 0 Å². The average molecular weight is 263 g/mol. The molecular formula is C14H21N3S. The van der Waals surface area contributed by atoms with E-state index in [2.05, 4.69) is 36.0 Å². The van der Waals surface area contributed by atoms with Crippen LogP contribution in [0.3, 0.4) is 0 Å². The summed E-state index contributed by atoms with van der Waals surface area (Å²) in [4.78, 5) is 6.61. The van der Waals surface area contributed by atoms with Gasteiger partial charge in [-0.05, 0) is 69.9 Å². The Morgan fingerprint density at radius 2 is 2.06 bits per heavy atom. The van der Waals surface area contributed by atoms with Crippen LogP contribution in [0, 0.1) is 6.92 Å². The Hall–Kier alpha value is -1.16. The molecule has 1 fully saturated rings. The lowest BCUT2D eigenvalue weighted by atomic mass is 9.98. The number of nitrogens with one attached hydrogen (secondary N) is 1. The molecule has 1 aliphatic rings. The zero-order valence-electron chi connectivity index (χ0n) is 11.3. The summed E-state index contributed by atoms with van der Waals surface area (Å²) in [5.74, 6) is 0.838. The molecule has 98 valence electrons. The second kappa shape index (κ2) is 5.65. The predicted octanol–water partition coefficient (Wildman–Crippen LogP) is 3.35. The zero-order valence-corrected chi connectivity index (χ0v) is 12.1. The van der Waals surface area contributed by atoms with Crippen molar-refractivity contribution >= 4 is 23.1 Å². The summed E-state index contributed by atoms with van der Waals surface area (Å²) in [7, 11) is 0. The van der Waals surface area contributed by atoms with E-state index in [0.29, 0.717) is 12.1 Å². The molecule has 1 aliphatic heterocycles. The van der Waals surface area contributed by atoms with Crippen LogP contribution >= 0.6 is 12.2 Å². The van der Waals surface area contributed by atoms with Crippen LogP contribution in [0.2, 0.25) is 0 Å². The summed E-state index contributed by atoms with van der Waals surface area (Å²) in [6.45, 7) is 6.54. The Morgan fingerprint density at radius 1 is 1.39 bits per heavy atom. The van der Waals surface area contributed by atoms with E-state index in [4.69, 9.17) is 12.2 Å². The Kier molecular flexibility index (Phi) is 4.17. The van der Waals surface area contributed by atoms with E-state index in [-0.39, 0.29) is 0 Å². The van der Waals surface area contributed by atoms with E-state index in [9.17, 15) is 0 Å². The summed E-state index contributed by atoms with van der Waals surface area (Å²) < 4.78 is 0. The van der Waals surface area contributed by atoms with Crippen LogP contribution in [-0.2, 0) is 0 Å². The van der Waals surface area contributed by atoms with Crippen molar-refractivity contribution in [3.8, 4) is 0 Å². The van der Waals surface area contributed by atoms with Gasteiger partial charge in [0.1, 0.15) is 5.82 Å². The fraction of sp³-hybridized carbons (Fsp3) is 0.571. The molecule has 18 heavy (non-hydrogen) atoms. The van der Waals surface area contributed by atoms with E-state index in [1.54, 1.807) is 0 Å². The minimum Gasteiger partial charge on any atom is -0.344 e. The molecule has 2 heterocycles. The molecule has 3 nitrogen and oxygen atoms in total. The molecule has 0 aliphatic carbocycles. The van der Waals surface area contributed by atoms with Gasteiger partial charge in [0.25, 0.3) is 0 Å². The minimum absolute atomic E-state index is 0.513. The maximum Gasteiger partial charge on any atom is 0.175 e. The van der Waals surface area contributed by atoms with Gasteiger partial charge in [0, 0.05) is 18.3 Å². The van der Waals surface area contributed by atoms with Gasteiger partial charge in [-0.2, -0.15) is 0 Å². The van der Waals surface area contributed by atoms with Crippen molar-refractivity contribution in [3.63, 3.8) is 0 Å². The number of anilines is 1. The van der Waals surface area contributed by atoms with Crippen LogP contribution in [0.25, 0.3) is 0 Å². The highest BCUT2D eigenvalue weighted by molar-refractivity contribution is 7.80. The maximum absolute atomic E-state index is 5.53. The normalized spacial score (nSPS) is 23.8. The lowest BCUT2D eigenvalue weighted by Gasteiger charge is -2.40. The first kappa shape index (κ1) is 13.3. The molecule has 2 unspecified atom stereocenters. The summed E-state index contributed by atoms with van der Waals surface area (Å²) >= 11 is 5.53. The summed E-state index contributed by atoms with van der Waals surface area (Å²) in [6.07, 6.45) is 5.54. The molecule has 0 spiro atoms. The lowest BCUT2D eigenvalue weighted by molar-refractivity contribution is 0.194. The number of aryl methyl sites for hydroxylation is 1.